The molecule has 0 aromatic heterocycles. The summed E-state index contributed by atoms with van der Waals surface area (Å²) in [7, 11) is 0. The lowest BCUT2D eigenvalue weighted by Gasteiger charge is -2.10. The smallest absolute Gasteiger partial charge is 0.206 e. The fourth-order valence-electron chi connectivity index (χ4n) is 3.54. The average molecular weight is 326 g/mol. The predicted molar refractivity (Wildman–Crippen MR) is 100 cm³/mol. The van der Waals surface area contributed by atoms with Gasteiger partial charge in [0.05, 0.1) is 6.54 Å². The molecule has 0 aliphatic carbocycles. The van der Waals surface area contributed by atoms with Crippen LogP contribution in [0, 0.1) is 0 Å². The monoisotopic (exact) mass is 325 g/mol. The van der Waals surface area contributed by atoms with Crippen LogP contribution < -0.4 is 5.32 Å². The molecule has 1 unspecified atom stereocenters. The molecule has 0 radical (unpaired) electrons. The SMILES string of the molecule is CCCCCCCCCCCCCCCC1NCC=[N+]1CCO. The topological polar surface area (TPSA) is 35.3 Å². The van der Waals surface area contributed by atoms with Crippen molar-refractivity contribution < 1.29 is 9.68 Å². The first kappa shape index (κ1) is 20.6. The lowest BCUT2D eigenvalue weighted by molar-refractivity contribution is -0.561. The molecule has 0 fully saturated rings. The number of aliphatic hydroxyl groups excluding tert-OH is 1. The van der Waals surface area contributed by atoms with Gasteiger partial charge in [0.15, 0.2) is 12.8 Å². The summed E-state index contributed by atoms with van der Waals surface area (Å²) in [5.74, 6) is 0. The van der Waals surface area contributed by atoms with E-state index >= 15 is 0 Å². The molecule has 0 saturated heterocycles. The van der Waals surface area contributed by atoms with Crippen molar-refractivity contribution in [3.63, 3.8) is 0 Å². The molecule has 1 atom stereocenters. The highest BCUT2D eigenvalue weighted by molar-refractivity contribution is 5.55. The van der Waals surface area contributed by atoms with Crippen molar-refractivity contribution in [2.75, 3.05) is 19.7 Å². The second-order valence-electron chi connectivity index (χ2n) is 7.10. The Hall–Kier alpha value is -0.410. The summed E-state index contributed by atoms with van der Waals surface area (Å²) in [4.78, 5) is 0. The van der Waals surface area contributed by atoms with Gasteiger partial charge in [-0.05, 0) is 6.42 Å². The Morgan fingerprint density at radius 1 is 0.870 bits per heavy atom. The van der Waals surface area contributed by atoms with Crippen molar-refractivity contribution in [1.82, 2.24) is 5.32 Å². The van der Waals surface area contributed by atoms with E-state index in [0.717, 1.165) is 13.1 Å². The third-order valence-electron chi connectivity index (χ3n) is 5.02. The number of aliphatic hydroxyl groups is 1. The van der Waals surface area contributed by atoms with Gasteiger partial charge in [-0.1, -0.05) is 84.0 Å². The van der Waals surface area contributed by atoms with Crippen molar-refractivity contribution in [2.24, 2.45) is 0 Å². The Morgan fingerprint density at radius 2 is 1.39 bits per heavy atom. The second kappa shape index (κ2) is 15.1. The Morgan fingerprint density at radius 3 is 1.91 bits per heavy atom. The van der Waals surface area contributed by atoms with E-state index in [4.69, 9.17) is 5.11 Å². The van der Waals surface area contributed by atoms with Gasteiger partial charge in [-0.3, -0.25) is 0 Å². The molecule has 2 N–H and O–H groups in total. The fourth-order valence-corrected chi connectivity index (χ4v) is 3.54. The molecular formula is C20H41N2O+. The maximum Gasteiger partial charge on any atom is 0.206 e. The van der Waals surface area contributed by atoms with Crippen molar-refractivity contribution in [3.8, 4) is 0 Å². The zero-order chi connectivity index (χ0) is 16.6. The van der Waals surface area contributed by atoms with Gasteiger partial charge < -0.3 is 5.11 Å². The number of β-amino-alcohol motifs (C(OH)–C–C–N with tert-alkyl or cyclic N) is 1. The van der Waals surface area contributed by atoms with Gasteiger partial charge in [0, 0.05) is 6.42 Å². The molecule has 23 heavy (non-hydrogen) atoms. The van der Waals surface area contributed by atoms with E-state index in [1.54, 1.807) is 0 Å². The standard InChI is InChI=1S/C20H41N2O/c1-2-3-4-5-6-7-8-9-10-11-12-13-14-15-20-21-16-17-22(20)18-19-23/h17,20-21,23H,2-16,18-19H2,1H3/q+1. The highest BCUT2D eigenvalue weighted by Crippen LogP contribution is 2.13. The van der Waals surface area contributed by atoms with Crippen LogP contribution in [0.15, 0.2) is 0 Å². The molecule has 3 heteroatoms. The third kappa shape index (κ3) is 10.9. The summed E-state index contributed by atoms with van der Waals surface area (Å²) in [5, 5.41) is 12.5. The summed E-state index contributed by atoms with van der Waals surface area (Å²) < 4.78 is 2.26. The quantitative estimate of drug-likeness (QED) is 0.324. The Labute approximate surface area is 144 Å². The highest BCUT2D eigenvalue weighted by atomic mass is 16.3. The van der Waals surface area contributed by atoms with Crippen LogP contribution in [0.4, 0.5) is 0 Å². The molecule has 0 aromatic carbocycles. The maximum absolute atomic E-state index is 9.04. The summed E-state index contributed by atoms with van der Waals surface area (Å²) in [6, 6.07) is 0. The summed E-state index contributed by atoms with van der Waals surface area (Å²) >= 11 is 0. The van der Waals surface area contributed by atoms with Crippen LogP contribution in [-0.2, 0) is 0 Å². The largest absolute Gasteiger partial charge is 0.390 e. The van der Waals surface area contributed by atoms with E-state index in [-0.39, 0.29) is 6.61 Å². The third-order valence-corrected chi connectivity index (χ3v) is 5.02. The average Bonchev–Trinajstić information content (AvgIpc) is 2.99. The summed E-state index contributed by atoms with van der Waals surface area (Å²) in [6.45, 7) is 4.28. The van der Waals surface area contributed by atoms with Crippen LogP contribution in [0.25, 0.3) is 0 Å². The van der Waals surface area contributed by atoms with Gasteiger partial charge in [0.2, 0.25) is 6.17 Å². The van der Waals surface area contributed by atoms with E-state index < -0.39 is 0 Å². The molecule has 0 aromatic rings. The van der Waals surface area contributed by atoms with Crippen LogP contribution in [0.2, 0.25) is 0 Å². The van der Waals surface area contributed by atoms with Crippen LogP contribution in [0.1, 0.15) is 96.8 Å². The Balaban J connectivity index is 1.79. The van der Waals surface area contributed by atoms with Crippen LogP contribution in [-0.4, -0.2) is 41.8 Å². The molecule has 1 heterocycles. The number of rotatable bonds is 16. The Bertz CT molecular complexity index is 291. The molecule has 3 nitrogen and oxygen atoms in total. The van der Waals surface area contributed by atoms with Crippen molar-refractivity contribution in [2.45, 2.75) is 103 Å². The van der Waals surface area contributed by atoms with Crippen LogP contribution in [0.3, 0.4) is 0 Å². The Kier molecular flexibility index (Phi) is 13.6. The lowest BCUT2D eigenvalue weighted by Crippen LogP contribution is -2.34. The summed E-state index contributed by atoms with van der Waals surface area (Å²) in [5.41, 5.74) is 0. The molecule has 1 rings (SSSR count). The van der Waals surface area contributed by atoms with E-state index in [1.807, 2.05) is 0 Å². The number of hydrogen-bond acceptors (Lipinski definition) is 2. The van der Waals surface area contributed by atoms with Crippen molar-refractivity contribution in [3.05, 3.63) is 0 Å². The summed E-state index contributed by atoms with van der Waals surface area (Å²) in [6.07, 6.45) is 22.3. The minimum Gasteiger partial charge on any atom is -0.390 e. The highest BCUT2D eigenvalue weighted by Gasteiger charge is 2.23. The van der Waals surface area contributed by atoms with E-state index in [2.05, 4.69) is 23.0 Å². The molecule has 1 aliphatic heterocycles. The van der Waals surface area contributed by atoms with Gasteiger partial charge in [-0.15, -0.1) is 0 Å². The maximum atomic E-state index is 9.04. The van der Waals surface area contributed by atoms with Gasteiger partial charge in [-0.25, -0.2) is 9.89 Å². The number of nitrogens with zero attached hydrogens (tertiary/aromatic N) is 1. The minimum absolute atomic E-state index is 0.257. The number of hydrogen-bond donors (Lipinski definition) is 2. The normalized spacial score (nSPS) is 17.7. The van der Waals surface area contributed by atoms with E-state index in [0.29, 0.717) is 6.17 Å². The van der Waals surface area contributed by atoms with Gasteiger partial charge in [-0.2, -0.15) is 0 Å². The van der Waals surface area contributed by atoms with E-state index in [1.165, 1.54) is 89.9 Å². The van der Waals surface area contributed by atoms with Gasteiger partial charge in [0.1, 0.15) is 6.61 Å². The second-order valence-corrected chi connectivity index (χ2v) is 7.10. The first-order valence-electron chi connectivity index (χ1n) is 10.3. The fraction of sp³-hybridized carbons (Fsp3) is 0.950. The van der Waals surface area contributed by atoms with Gasteiger partial charge in [0.25, 0.3) is 0 Å². The first-order chi connectivity index (χ1) is 11.4. The van der Waals surface area contributed by atoms with Crippen molar-refractivity contribution in [1.29, 1.82) is 0 Å². The molecule has 0 bridgehead atoms. The van der Waals surface area contributed by atoms with Gasteiger partial charge >= 0.3 is 0 Å². The molecule has 0 spiro atoms. The molecular weight excluding hydrogens is 284 g/mol. The lowest BCUT2D eigenvalue weighted by atomic mass is 10.0. The van der Waals surface area contributed by atoms with Crippen LogP contribution in [0.5, 0.6) is 0 Å². The zero-order valence-electron chi connectivity index (χ0n) is 15.6. The van der Waals surface area contributed by atoms with E-state index in [9.17, 15) is 0 Å². The van der Waals surface area contributed by atoms with Crippen molar-refractivity contribution >= 4 is 6.21 Å². The van der Waals surface area contributed by atoms with Crippen LogP contribution >= 0.6 is 0 Å². The molecule has 0 saturated carbocycles. The molecule has 136 valence electrons. The number of nitrogens with one attached hydrogen (secondary N) is 1. The molecule has 1 aliphatic rings. The zero-order valence-corrected chi connectivity index (χ0v) is 15.6. The minimum atomic E-state index is 0.257. The number of unbranched alkanes of at least 4 members (excludes halogenated alkanes) is 12. The molecule has 0 amide bonds. The first-order valence-corrected chi connectivity index (χ1v) is 10.3. The predicted octanol–water partition coefficient (Wildman–Crippen LogP) is 4.47.